The highest BCUT2D eigenvalue weighted by Gasteiger charge is 2.45. The van der Waals surface area contributed by atoms with E-state index in [9.17, 15) is 9.59 Å². The number of rotatable bonds is 7. The first-order valence-electron chi connectivity index (χ1n) is 9.41. The quantitative estimate of drug-likeness (QED) is 0.528. The third-order valence-corrected chi connectivity index (χ3v) is 4.72. The largest absolute Gasteiger partial charge is 0.452 e. The van der Waals surface area contributed by atoms with Crippen molar-refractivity contribution in [3.63, 3.8) is 0 Å². The molecule has 152 valence electrons. The van der Waals surface area contributed by atoms with Crippen LogP contribution in [0.25, 0.3) is 0 Å². The summed E-state index contributed by atoms with van der Waals surface area (Å²) in [5, 5.41) is 0. The lowest BCUT2D eigenvalue weighted by Gasteiger charge is -2.40. The Hall–Kier alpha value is -2.96. The number of ether oxygens (including phenoxy) is 4. The van der Waals surface area contributed by atoms with Crippen LogP contribution in [-0.2, 0) is 18.9 Å². The zero-order chi connectivity index (χ0) is 20.6. The van der Waals surface area contributed by atoms with Crippen molar-refractivity contribution >= 4 is 11.9 Å². The molecule has 0 spiro atoms. The van der Waals surface area contributed by atoms with Crippen LogP contribution in [0.2, 0.25) is 0 Å². The number of benzene rings is 2. The van der Waals surface area contributed by atoms with Crippen molar-refractivity contribution in [2.24, 2.45) is 0 Å². The van der Waals surface area contributed by atoms with Crippen LogP contribution in [0.1, 0.15) is 27.1 Å². The Balaban J connectivity index is 1.81. The van der Waals surface area contributed by atoms with Crippen LogP contribution in [0.4, 0.5) is 0 Å². The van der Waals surface area contributed by atoms with E-state index in [1.54, 1.807) is 54.6 Å². The molecule has 0 N–H and O–H groups in total. The first kappa shape index (κ1) is 20.8. The van der Waals surface area contributed by atoms with E-state index >= 15 is 0 Å². The summed E-state index contributed by atoms with van der Waals surface area (Å²) in [6, 6.07) is 17.3. The fourth-order valence-electron chi connectivity index (χ4n) is 3.27. The van der Waals surface area contributed by atoms with E-state index in [1.807, 2.05) is 12.1 Å². The molecule has 1 aliphatic rings. The normalized spacial score (nSPS) is 23.8. The number of hydrogen-bond acceptors (Lipinski definition) is 6. The van der Waals surface area contributed by atoms with Crippen LogP contribution in [0, 0.1) is 0 Å². The number of carbonyl (C=O) groups is 2. The molecular weight excluding hydrogens is 372 g/mol. The SMILES string of the molecule is C=CC[C@H]1OC[C@H](OC(=O)c2ccccc2)[C@H](OC(=O)c2ccccc2)[C@H]1OC. The van der Waals surface area contributed by atoms with Crippen molar-refractivity contribution in [2.75, 3.05) is 13.7 Å². The molecule has 3 rings (SSSR count). The van der Waals surface area contributed by atoms with Crippen LogP contribution in [0.3, 0.4) is 0 Å². The Bertz CT molecular complexity index is 820. The molecule has 0 unspecified atom stereocenters. The predicted molar refractivity (Wildman–Crippen MR) is 107 cm³/mol. The average molecular weight is 396 g/mol. The maximum absolute atomic E-state index is 12.7. The molecule has 1 fully saturated rings. The molecule has 0 amide bonds. The number of hydrogen-bond donors (Lipinski definition) is 0. The average Bonchev–Trinajstić information content (AvgIpc) is 2.77. The van der Waals surface area contributed by atoms with Crippen molar-refractivity contribution in [1.29, 1.82) is 0 Å². The molecule has 1 saturated heterocycles. The summed E-state index contributed by atoms with van der Waals surface area (Å²) in [4.78, 5) is 25.2. The van der Waals surface area contributed by atoms with Gasteiger partial charge in [0.2, 0.25) is 0 Å². The predicted octanol–water partition coefficient (Wildman–Crippen LogP) is 3.43. The third-order valence-electron chi connectivity index (χ3n) is 4.72. The van der Waals surface area contributed by atoms with Gasteiger partial charge in [-0.05, 0) is 30.7 Å². The molecule has 1 aliphatic heterocycles. The van der Waals surface area contributed by atoms with Crippen molar-refractivity contribution in [3.05, 3.63) is 84.4 Å². The molecule has 0 bridgehead atoms. The van der Waals surface area contributed by atoms with E-state index < -0.39 is 30.3 Å². The third kappa shape index (κ3) is 5.10. The molecule has 6 nitrogen and oxygen atoms in total. The molecule has 2 aromatic carbocycles. The zero-order valence-corrected chi connectivity index (χ0v) is 16.2. The van der Waals surface area contributed by atoms with E-state index in [0.717, 1.165) is 0 Å². The van der Waals surface area contributed by atoms with Crippen LogP contribution in [0.15, 0.2) is 73.3 Å². The maximum atomic E-state index is 12.7. The van der Waals surface area contributed by atoms with E-state index in [2.05, 4.69) is 6.58 Å². The van der Waals surface area contributed by atoms with Crippen LogP contribution in [-0.4, -0.2) is 50.1 Å². The fourth-order valence-corrected chi connectivity index (χ4v) is 3.27. The molecule has 2 aromatic rings. The smallest absolute Gasteiger partial charge is 0.338 e. The lowest BCUT2D eigenvalue weighted by atomic mass is 9.97. The van der Waals surface area contributed by atoms with Gasteiger partial charge < -0.3 is 18.9 Å². The summed E-state index contributed by atoms with van der Waals surface area (Å²) >= 11 is 0. The first-order valence-corrected chi connectivity index (χ1v) is 9.41. The minimum Gasteiger partial charge on any atom is -0.452 e. The molecule has 6 heteroatoms. The molecule has 4 atom stereocenters. The van der Waals surface area contributed by atoms with Crippen LogP contribution in [0.5, 0.6) is 0 Å². The van der Waals surface area contributed by atoms with Gasteiger partial charge in [-0.2, -0.15) is 0 Å². The number of esters is 2. The molecule has 0 aromatic heterocycles. The minimum absolute atomic E-state index is 0.0870. The summed E-state index contributed by atoms with van der Waals surface area (Å²) in [5.41, 5.74) is 0.810. The standard InChI is InChI=1S/C23H24O6/c1-3-10-18-20(26-2)21(29-23(25)17-13-8-5-9-14-17)19(15-27-18)28-22(24)16-11-6-4-7-12-16/h3-9,11-14,18-21H,1,10,15H2,2H3/t18-,19+,20+,21+/m1/s1. The zero-order valence-electron chi connectivity index (χ0n) is 16.2. The maximum Gasteiger partial charge on any atom is 0.338 e. The first-order chi connectivity index (χ1) is 14.1. The van der Waals surface area contributed by atoms with Gasteiger partial charge in [-0.15, -0.1) is 6.58 Å². The highest BCUT2D eigenvalue weighted by Crippen LogP contribution is 2.27. The van der Waals surface area contributed by atoms with Gasteiger partial charge in [-0.3, -0.25) is 0 Å². The van der Waals surface area contributed by atoms with Crippen molar-refractivity contribution < 1.29 is 28.5 Å². The lowest BCUT2D eigenvalue weighted by Crippen LogP contribution is -2.56. The Kier molecular flexibility index (Phi) is 7.16. The van der Waals surface area contributed by atoms with Gasteiger partial charge in [-0.25, -0.2) is 9.59 Å². The summed E-state index contributed by atoms with van der Waals surface area (Å²) < 4.78 is 22.8. The van der Waals surface area contributed by atoms with E-state index in [0.29, 0.717) is 17.5 Å². The van der Waals surface area contributed by atoms with Crippen molar-refractivity contribution in [2.45, 2.75) is 30.8 Å². The molecule has 0 radical (unpaired) electrons. The molecular formula is C23H24O6. The van der Waals surface area contributed by atoms with Crippen LogP contribution < -0.4 is 0 Å². The van der Waals surface area contributed by atoms with Gasteiger partial charge in [0.25, 0.3) is 0 Å². The Labute approximate surface area is 170 Å². The van der Waals surface area contributed by atoms with E-state index in [1.165, 1.54) is 7.11 Å². The second kappa shape index (κ2) is 10.0. The monoisotopic (exact) mass is 396 g/mol. The van der Waals surface area contributed by atoms with Gasteiger partial charge in [0.1, 0.15) is 6.10 Å². The summed E-state index contributed by atoms with van der Waals surface area (Å²) in [6.07, 6.45) is -0.374. The Morgan fingerprint density at radius 1 is 0.966 bits per heavy atom. The Morgan fingerprint density at radius 2 is 1.52 bits per heavy atom. The van der Waals surface area contributed by atoms with Gasteiger partial charge in [-0.1, -0.05) is 42.5 Å². The molecule has 0 saturated carbocycles. The minimum atomic E-state index is -0.820. The summed E-state index contributed by atoms with van der Waals surface area (Å²) in [5.74, 6) is -1.03. The second-order valence-electron chi connectivity index (χ2n) is 6.64. The summed E-state index contributed by atoms with van der Waals surface area (Å²) in [6.45, 7) is 3.82. The fraction of sp³-hybridized carbons (Fsp3) is 0.304. The van der Waals surface area contributed by atoms with Gasteiger partial charge in [0.05, 0.1) is 23.8 Å². The second-order valence-corrected chi connectivity index (χ2v) is 6.64. The topological polar surface area (TPSA) is 71.1 Å². The van der Waals surface area contributed by atoms with Crippen molar-refractivity contribution in [3.8, 4) is 0 Å². The van der Waals surface area contributed by atoms with Gasteiger partial charge >= 0.3 is 11.9 Å². The number of carbonyl (C=O) groups excluding carboxylic acids is 2. The van der Waals surface area contributed by atoms with Gasteiger partial charge in [0, 0.05) is 7.11 Å². The Morgan fingerprint density at radius 3 is 2.03 bits per heavy atom. The van der Waals surface area contributed by atoms with E-state index in [-0.39, 0.29) is 12.7 Å². The lowest BCUT2D eigenvalue weighted by molar-refractivity contribution is -0.196. The summed E-state index contributed by atoms with van der Waals surface area (Å²) in [7, 11) is 1.51. The van der Waals surface area contributed by atoms with Gasteiger partial charge in [0.15, 0.2) is 12.2 Å². The van der Waals surface area contributed by atoms with E-state index in [4.69, 9.17) is 18.9 Å². The highest BCUT2D eigenvalue weighted by molar-refractivity contribution is 5.90. The van der Waals surface area contributed by atoms with Crippen LogP contribution >= 0.6 is 0 Å². The van der Waals surface area contributed by atoms with Crippen molar-refractivity contribution in [1.82, 2.24) is 0 Å². The molecule has 29 heavy (non-hydrogen) atoms. The molecule has 0 aliphatic carbocycles. The molecule has 1 heterocycles. The number of methoxy groups -OCH3 is 1. The highest BCUT2D eigenvalue weighted by atomic mass is 16.6.